The summed E-state index contributed by atoms with van der Waals surface area (Å²) in [5, 5.41) is 10.1. The fraction of sp³-hybridized carbons (Fsp3) is 0.611. The Balaban J connectivity index is 3.55. The highest BCUT2D eigenvalue weighted by Crippen LogP contribution is 2.35. The Bertz CT molecular complexity index is 507. The predicted molar refractivity (Wildman–Crippen MR) is 89.7 cm³/mol. The lowest BCUT2D eigenvalue weighted by Gasteiger charge is -2.27. The third-order valence-corrected chi connectivity index (χ3v) is 4.28. The van der Waals surface area contributed by atoms with Gasteiger partial charge in [-0.2, -0.15) is 0 Å². The van der Waals surface area contributed by atoms with Crippen molar-refractivity contribution in [3.63, 3.8) is 0 Å². The SMILES string of the molecule is CCC(c1ccc(C)c(OC)c1C(=O)N(CC)CC)C(C)O. The van der Waals surface area contributed by atoms with Gasteiger partial charge in [-0.15, -0.1) is 0 Å². The van der Waals surface area contributed by atoms with E-state index in [0.717, 1.165) is 17.5 Å². The zero-order valence-corrected chi connectivity index (χ0v) is 14.6. The molecule has 22 heavy (non-hydrogen) atoms. The third kappa shape index (κ3) is 3.61. The minimum Gasteiger partial charge on any atom is -0.496 e. The Morgan fingerprint density at radius 1 is 1.27 bits per heavy atom. The second kappa shape index (κ2) is 8.18. The Morgan fingerprint density at radius 2 is 1.86 bits per heavy atom. The lowest BCUT2D eigenvalue weighted by Crippen LogP contribution is -2.32. The van der Waals surface area contributed by atoms with E-state index >= 15 is 0 Å². The molecule has 0 aliphatic carbocycles. The van der Waals surface area contributed by atoms with Crippen LogP contribution in [0.25, 0.3) is 0 Å². The van der Waals surface area contributed by atoms with Crippen LogP contribution in [0.2, 0.25) is 0 Å². The maximum absolute atomic E-state index is 13.0. The summed E-state index contributed by atoms with van der Waals surface area (Å²) in [6, 6.07) is 3.91. The van der Waals surface area contributed by atoms with Crippen LogP contribution in [0.5, 0.6) is 5.75 Å². The molecule has 4 heteroatoms. The Hall–Kier alpha value is -1.55. The molecule has 4 nitrogen and oxygen atoms in total. The van der Waals surface area contributed by atoms with Crippen LogP contribution >= 0.6 is 0 Å². The number of nitrogens with zero attached hydrogens (tertiary/aromatic N) is 1. The molecule has 2 atom stereocenters. The first-order valence-corrected chi connectivity index (χ1v) is 8.07. The fourth-order valence-electron chi connectivity index (χ4n) is 2.98. The van der Waals surface area contributed by atoms with Crippen molar-refractivity contribution in [2.24, 2.45) is 0 Å². The van der Waals surface area contributed by atoms with Crippen molar-refractivity contribution in [3.8, 4) is 5.75 Å². The average Bonchev–Trinajstić information content (AvgIpc) is 2.49. The van der Waals surface area contributed by atoms with Crippen LogP contribution in [0.15, 0.2) is 12.1 Å². The van der Waals surface area contributed by atoms with E-state index in [1.807, 2.05) is 39.8 Å². The number of rotatable bonds is 7. The molecular weight excluding hydrogens is 278 g/mol. The second-order valence-corrected chi connectivity index (χ2v) is 5.61. The highest BCUT2D eigenvalue weighted by molar-refractivity contribution is 5.99. The number of hydrogen-bond acceptors (Lipinski definition) is 3. The van der Waals surface area contributed by atoms with Gasteiger partial charge in [0.05, 0.1) is 18.8 Å². The minimum atomic E-state index is -0.513. The topological polar surface area (TPSA) is 49.8 Å². The summed E-state index contributed by atoms with van der Waals surface area (Å²) >= 11 is 0. The van der Waals surface area contributed by atoms with Crippen LogP contribution in [0, 0.1) is 6.92 Å². The van der Waals surface area contributed by atoms with E-state index in [1.54, 1.807) is 18.9 Å². The van der Waals surface area contributed by atoms with Crippen LogP contribution in [-0.4, -0.2) is 42.2 Å². The van der Waals surface area contributed by atoms with E-state index in [9.17, 15) is 9.90 Å². The molecule has 1 amide bonds. The van der Waals surface area contributed by atoms with E-state index < -0.39 is 6.10 Å². The molecule has 1 rings (SSSR count). The van der Waals surface area contributed by atoms with E-state index in [4.69, 9.17) is 4.74 Å². The second-order valence-electron chi connectivity index (χ2n) is 5.61. The van der Waals surface area contributed by atoms with Crippen LogP contribution in [-0.2, 0) is 0 Å². The number of aliphatic hydroxyl groups is 1. The number of carbonyl (C=O) groups excluding carboxylic acids is 1. The summed E-state index contributed by atoms with van der Waals surface area (Å²) in [4.78, 5) is 14.8. The minimum absolute atomic E-state index is 0.0281. The third-order valence-electron chi connectivity index (χ3n) is 4.28. The van der Waals surface area contributed by atoms with Crippen molar-refractivity contribution < 1.29 is 14.6 Å². The monoisotopic (exact) mass is 307 g/mol. The molecule has 0 saturated heterocycles. The van der Waals surface area contributed by atoms with E-state index in [-0.39, 0.29) is 11.8 Å². The number of aliphatic hydroxyl groups excluding tert-OH is 1. The van der Waals surface area contributed by atoms with Crippen LogP contribution in [0.3, 0.4) is 0 Å². The molecule has 0 radical (unpaired) electrons. The number of hydrogen-bond donors (Lipinski definition) is 1. The maximum atomic E-state index is 13.0. The van der Waals surface area contributed by atoms with Gasteiger partial charge >= 0.3 is 0 Å². The van der Waals surface area contributed by atoms with Crippen molar-refractivity contribution in [1.29, 1.82) is 0 Å². The number of amides is 1. The normalized spacial score (nSPS) is 13.6. The molecule has 124 valence electrons. The molecule has 1 N–H and O–H groups in total. The molecule has 0 fully saturated rings. The van der Waals surface area contributed by atoms with Crippen LogP contribution in [0.1, 0.15) is 61.5 Å². The van der Waals surface area contributed by atoms with Crippen molar-refractivity contribution in [2.45, 2.75) is 53.1 Å². The average molecular weight is 307 g/mol. The van der Waals surface area contributed by atoms with Crippen molar-refractivity contribution in [1.82, 2.24) is 4.90 Å². The van der Waals surface area contributed by atoms with Gasteiger partial charge in [0.2, 0.25) is 0 Å². The van der Waals surface area contributed by atoms with Crippen LogP contribution in [0.4, 0.5) is 0 Å². The molecule has 0 bridgehead atoms. The van der Waals surface area contributed by atoms with Crippen molar-refractivity contribution in [2.75, 3.05) is 20.2 Å². The number of methoxy groups -OCH3 is 1. The molecule has 0 heterocycles. The molecule has 1 aromatic rings. The number of benzene rings is 1. The first-order valence-electron chi connectivity index (χ1n) is 8.07. The van der Waals surface area contributed by atoms with E-state index in [0.29, 0.717) is 24.4 Å². The zero-order chi connectivity index (χ0) is 16.9. The highest BCUT2D eigenvalue weighted by atomic mass is 16.5. The lowest BCUT2D eigenvalue weighted by atomic mass is 9.86. The summed E-state index contributed by atoms with van der Waals surface area (Å²) in [5.74, 6) is 0.511. The first-order chi connectivity index (χ1) is 10.4. The van der Waals surface area contributed by atoms with Gasteiger partial charge in [-0.3, -0.25) is 4.79 Å². The molecule has 0 spiro atoms. The number of carbonyl (C=O) groups is 1. The van der Waals surface area contributed by atoms with Crippen molar-refractivity contribution >= 4 is 5.91 Å². The highest BCUT2D eigenvalue weighted by Gasteiger charge is 2.28. The maximum Gasteiger partial charge on any atom is 0.257 e. The smallest absolute Gasteiger partial charge is 0.257 e. The van der Waals surface area contributed by atoms with Gasteiger partial charge in [-0.1, -0.05) is 19.1 Å². The van der Waals surface area contributed by atoms with Crippen LogP contribution < -0.4 is 4.74 Å². The molecular formula is C18H29NO3. The van der Waals surface area contributed by atoms with Gasteiger partial charge in [0.1, 0.15) is 5.75 Å². The molecule has 2 unspecified atom stereocenters. The predicted octanol–water partition coefficient (Wildman–Crippen LogP) is 3.36. The molecule has 0 saturated carbocycles. The Kier molecular flexibility index (Phi) is 6.88. The largest absolute Gasteiger partial charge is 0.496 e. The standard InChI is InChI=1S/C18H29NO3/c1-7-14(13(5)20)15-11-10-12(4)17(22-6)16(15)18(21)19(8-2)9-3/h10-11,13-14,20H,7-9H2,1-6H3. The molecule has 0 aliphatic heterocycles. The van der Waals surface area contributed by atoms with Crippen molar-refractivity contribution in [3.05, 3.63) is 28.8 Å². The first kappa shape index (κ1) is 18.5. The molecule has 0 aliphatic rings. The summed E-state index contributed by atoms with van der Waals surface area (Å²) < 4.78 is 5.52. The summed E-state index contributed by atoms with van der Waals surface area (Å²) in [6.07, 6.45) is 0.253. The van der Waals surface area contributed by atoms with Gasteiger partial charge < -0.3 is 14.7 Å². The van der Waals surface area contributed by atoms with Gasteiger partial charge in [-0.05, 0) is 45.2 Å². The molecule has 1 aromatic carbocycles. The lowest BCUT2D eigenvalue weighted by molar-refractivity contribution is 0.0765. The Morgan fingerprint density at radius 3 is 2.27 bits per heavy atom. The van der Waals surface area contributed by atoms with E-state index in [1.165, 1.54) is 0 Å². The number of aryl methyl sites for hydroxylation is 1. The van der Waals surface area contributed by atoms with E-state index in [2.05, 4.69) is 0 Å². The van der Waals surface area contributed by atoms with Gasteiger partial charge in [-0.25, -0.2) is 0 Å². The molecule has 0 aromatic heterocycles. The van der Waals surface area contributed by atoms with Gasteiger partial charge in [0.25, 0.3) is 5.91 Å². The quantitative estimate of drug-likeness (QED) is 0.840. The Labute approximate surface area is 134 Å². The summed E-state index contributed by atoms with van der Waals surface area (Å²) in [7, 11) is 1.59. The summed E-state index contributed by atoms with van der Waals surface area (Å²) in [5.41, 5.74) is 2.40. The zero-order valence-electron chi connectivity index (χ0n) is 14.6. The summed E-state index contributed by atoms with van der Waals surface area (Å²) in [6.45, 7) is 11.0. The number of ether oxygens (including phenoxy) is 1. The fourth-order valence-corrected chi connectivity index (χ4v) is 2.98. The van der Waals surface area contributed by atoms with Gasteiger partial charge in [0, 0.05) is 19.0 Å². The van der Waals surface area contributed by atoms with Gasteiger partial charge in [0.15, 0.2) is 0 Å².